The number of phenols is 1. The Kier molecular flexibility index (Phi) is 4.05. The third kappa shape index (κ3) is 3.36. The van der Waals surface area contributed by atoms with E-state index in [-0.39, 0.29) is 5.69 Å². The molecule has 0 saturated carbocycles. The Hall–Kier alpha value is -2.34. The predicted molar refractivity (Wildman–Crippen MR) is 72.1 cm³/mol. The average molecular weight is 299 g/mol. The number of hydrogen-bond acceptors (Lipinski definition) is 2. The van der Waals surface area contributed by atoms with Gasteiger partial charge in [0.15, 0.2) is 17.4 Å². The van der Waals surface area contributed by atoms with E-state index >= 15 is 0 Å². The van der Waals surface area contributed by atoms with Crippen LogP contribution in [0.25, 0.3) is 0 Å². The van der Waals surface area contributed by atoms with Crippen LogP contribution in [0.5, 0.6) is 5.75 Å². The smallest absolute Gasteiger partial charge is 0.323 e. The largest absolute Gasteiger partial charge is 0.503 e. The molecule has 0 saturated heterocycles. The van der Waals surface area contributed by atoms with Gasteiger partial charge in [0.05, 0.1) is 0 Å². The lowest BCUT2D eigenvalue weighted by atomic mass is 10.2. The van der Waals surface area contributed by atoms with Crippen LogP contribution in [0.3, 0.4) is 0 Å². The molecule has 104 valence electrons. The highest BCUT2D eigenvalue weighted by Crippen LogP contribution is 2.24. The van der Waals surface area contributed by atoms with Gasteiger partial charge >= 0.3 is 6.03 Å². The zero-order valence-corrected chi connectivity index (χ0v) is 10.7. The molecule has 0 aliphatic heterocycles. The van der Waals surface area contributed by atoms with Crippen molar-refractivity contribution in [2.75, 3.05) is 10.6 Å². The van der Waals surface area contributed by atoms with Crippen molar-refractivity contribution in [1.29, 1.82) is 0 Å². The molecule has 2 amide bonds. The summed E-state index contributed by atoms with van der Waals surface area (Å²) in [6.07, 6.45) is 0. The topological polar surface area (TPSA) is 61.4 Å². The van der Waals surface area contributed by atoms with E-state index in [1.54, 1.807) is 24.3 Å². The first kappa shape index (κ1) is 14.1. The van der Waals surface area contributed by atoms with Crippen molar-refractivity contribution in [3.8, 4) is 5.75 Å². The molecule has 0 unspecified atom stereocenters. The molecular weight excluding hydrogens is 290 g/mol. The molecule has 2 rings (SSSR count). The van der Waals surface area contributed by atoms with Crippen molar-refractivity contribution >= 4 is 29.0 Å². The van der Waals surface area contributed by atoms with Crippen LogP contribution in [0.2, 0.25) is 5.02 Å². The summed E-state index contributed by atoms with van der Waals surface area (Å²) in [7, 11) is 0. The fourth-order valence-electron chi connectivity index (χ4n) is 1.46. The zero-order chi connectivity index (χ0) is 14.7. The van der Waals surface area contributed by atoms with Gasteiger partial charge in [-0.05, 0) is 24.3 Å². The van der Waals surface area contributed by atoms with E-state index in [1.807, 2.05) is 0 Å². The minimum Gasteiger partial charge on any atom is -0.503 e. The van der Waals surface area contributed by atoms with Gasteiger partial charge in [-0.25, -0.2) is 13.6 Å². The quantitative estimate of drug-likeness (QED) is 0.735. The number of carbonyl (C=O) groups is 1. The van der Waals surface area contributed by atoms with E-state index in [4.69, 9.17) is 16.7 Å². The molecule has 2 aromatic carbocycles. The van der Waals surface area contributed by atoms with Crippen molar-refractivity contribution in [1.82, 2.24) is 0 Å². The molecule has 0 atom stereocenters. The predicted octanol–water partition coefficient (Wildman–Crippen LogP) is 3.97. The summed E-state index contributed by atoms with van der Waals surface area (Å²) in [5.74, 6) is -3.41. The molecule has 0 radical (unpaired) electrons. The molecular formula is C13H9ClF2N2O2. The molecule has 0 bridgehead atoms. The van der Waals surface area contributed by atoms with Gasteiger partial charge in [-0.3, -0.25) is 0 Å². The minimum atomic E-state index is -1.16. The maximum atomic E-state index is 13.1. The van der Waals surface area contributed by atoms with Gasteiger partial charge in [0, 0.05) is 28.5 Å². The lowest BCUT2D eigenvalue weighted by molar-refractivity contribution is 0.262. The summed E-state index contributed by atoms with van der Waals surface area (Å²) >= 11 is 5.69. The van der Waals surface area contributed by atoms with E-state index in [1.165, 1.54) is 0 Å². The third-order valence-electron chi connectivity index (χ3n) is 2.38. The number of urea groups is 1. The van der Waals surface area contributed by atoms with Crippen LogP contribution in [0.4, 0.5) is 25.0 Å². The summed E-state index contributed by atoms with van der Waals surface area (Å²) in [6, 6.07) is 7.23. The van der Waals surface area contributed by atoms with Gasteiger partial charge in [-0.1, -0.05) is 11.6 Å². The monoisotopic (exact) mass is 298 g/mol. The summed E-state index contributed by atoms with van der Waals surface area (Å²) < 4.78 is 26.2. The highest BCUT2D eigenvalue weighted by atomic mass is 35.5. The molecule has 20 heavy (non-hydrogen) atoms. The Morgan fingerprint density at radius 1 is 1.00 bits per heavy atom. The number of halogens is 3. The summed E-state index contributed by atoms with van der Waals surface area (Å²) in [5.41, 5.74) is 0.343. The number of rotatable bonds is 2. The highest BCUT2D eigenvalue weighted by Gasteiger charge is 2.11. The first-order valence-electron chi connectivity index (χ1n) is 5.47. The van der Waals surface area contributed by atoms with E-state index in [9.17, 15) is 13.6 Å². The minimum absolute atomic E-state index is 0.121. The molecule has 0 heterocycles. The standard InChI is InChI=1S/C13H9ClF2N2O2/c14-7-1-3-8(4-2-7)17-13(20)18-9-5-10(15)12(19)11(16)6-9/h1-6,19H,(H2,17,18,20). The Morgan fingerprint density at radius 2 is 1.50 bits per heavy atom. The average Bonchev–Trinajstić information content (AvgIpc) is 2.38. The SMILES string of the molecule is O=C(Nc1ccc(Cl)cc1)Nc1cc(F)c(O)c(F)c1. The Labute approximate surface area is 118 Å². The third-order valence-corrected chi connectivity index (χ3v) is 2.63. The molecule has 0 aliphatic rings. The number of amides is 2. The van der Waals surface area contributed by atoms with Gasteiger partial charge in [-0.15, -0.1) is 0 Å². The second-order valence-corrected chi connectivity index (χ2v) is 4.31. The van der Waals surface area contributed by atoms with Crippen LogP contribution in [-0.2, 0) is 0 Å². The Bertz CT molecular complexity index is 624. The number of carbonyl (C=O) groups excluding carboxylic acids is 1. The fourth-order valence-corrected chi connectivity index (χ4v) is 1.59. The second-order valence-electron chi connectivity index (χ2n) is 3.87. The van der Waals surface area contributed by atoms with E-state index in [2.05, 4.69) is 10.6 Å². The van der Waals surface area contributed by atoms with Crippen LogP contribution >= 0.6 is 11.6 Å². The van der Waals surface area contributed by atoms with Gasteiger partial charge in [0.25, 0.3) is 0 Å². The van der Waals surface area contributed by atoms with E-state index in [0.717, 1.165) is 12.1 Å². The summed E-state index contributed by atoms with van der Waals surface area (Å²) in [4.78, 5) is 11.6. The number of benzene rings is 2. The number of nitrogens with one attached hydrogen (secondary N) is 2. The second kappa shape index (κ2) is 5.75. The van der Waals surface area contributed by atoms with Gasteiger partial charge < -0.3 is 15.7 Å². The molecule has 3 N–H and O–H groups in total. The summed E-state index contributed by atoms with van der Waals surface area (Å²) in [6.45, 7) is 0. The molecule has 7 heteroatoms. The van der Waals surface area contributed by atoms with Crippen molar-refractivity contribution in [2.24, 2.45) is 0 Å². The van der Waals surface area contributed by atoms with Crippen LogP contribution < -0.4 is 10.6 Å². The van der Waals surface area contributed by atoms with Gasteiger partial charge in [0.1, 0.15) is 0 Å². The molecule has 0 fully saturated rings. The van der Waals surface area contributed by atoms with Gasteiger partial charge in [-0.2, -0.15) is 0 Å². The van der Waals surface area contributed by atoms with Crippen LogP contribution in [-0.4, -0.2) is 11.1 Å². The zero-order valence-electron chi connectivity index (χ0n) is 9.95. The Morgan fingerprint density at radius 3 is 2.05 bits per heavy atom. The van der Waals surface area contributed by atoms with Crippen molar-refractivity contribution < 1.29 is 18.7 Å². The number of anilines is 2. The number of phenolic OH excluding ortho intramolecular Hbond substituents is 1. The first-order valence-corrected chi connectivity index (χ1v) is 5.85. The van der Waals surface area contributed by atoms with E-state index < -0.39 is 23.4 Å². The van der Waals surface area contributed by atoms with Crippen LogP contribution in [0.1, 0.15) is 0 Å². The number of hydrogen-bond donors (Lipinski definition) is 3. The van der Waals surface area contributed by atoms with E-state index in [0.29, 0.717) is 10.7 Å². The van der Waals surface area contributed by atoms with Gasteiger partial charge in [0.2, 0.25) is 0 Å². The number of aromatic hydroxyl groups is 1. The normalized spacial score (nSPS) is 10.2. The molecule has 2 aromatic rings. The molecule has 0 aromatic heterocycles. The lowest BCUT2D eigenvalue weighted by Crippen LogP contribution is -2.19. The molecule has 4 nitrogen and oxygen atoms in total. The summed E-state index contributed by atoms with van der Waals surface area (Å²) in [5, 5.41) is 14.1. The lowest BCUT2D eigenvalue weighted by Gasteiger charge is -2.08. The van der Waals surface area contributed by atoms with Crippen molar-refractivity contribution in [3.05, 3.63) is 53.1 Å². The maximum absolute atomic E-state index is 13.1. The Balaban J connectivity index is 2.06. The highest BCUT2D eigenvalue weighted by molar-refractivity contribution is 6.30. The molecule has 0 spiro atoms. The van der Waals surface area contributed by atoms with Crippen LogP contribution in [0.15, 0.2) is 36.4 Å². The van der Waals surface area contributed by atoms with Crippen LogP contribution in [0, 0.1) is 11.6 Å². The fraction of sp³-hybridized carbons (Fsp3) is 0. The van der Waals surface area contributed by atoms with Crippen molar-refractivity contribution in [3.63, 3.8) is 0 Å². The first-order chi connectivity index (χ1) is 9.45. The maximum Gasteiger partial charge on any atom is 0.323 e. The molecule has 0 aliphatic carbocycles. The van der Waals surface area contributed by atoms with Crippen molar-refractivity contribution in [2.45, 2.75) is 0 Å².